The van der Waals surface area contributed by atoms with E-state index < -0.39 is 26.6 Å². The number of hydrogen-bond donors (Lipinski definition) is 1. The van der Waals surface area contributed by atoms with Gasteiger partial charge in [-0.3, -0.25) is 0 Å². The van der Waals surface area contributed by atoms with Crippen LogP contribution in [0, 0.1) is 11.6 Å². The van der Waals surface area contributed by atoms with Crippen LogP contribution in [0.15, 0.2) is 23.1 Å². The third-order valence-corrected chi connectivity index (χ3v) is 4.57. The normalized spacial score (nSPS) is 11.7. The van der Waals surface area contributed by atoms with Crippen LogP contribution in [0.4, 0.5) is 8.78 Å². The van der Waals surface area contributed by atoms with Gasteiger partial charge in [0.15, 0.2) is 0 Å². The summed E-state index contributed by atoms with van der Waals surface area (Å²) in [7, 11) is -3.98. The van der Waals surface area contributed by atoms with E-state index in [1.54, 1.807) is 0 Å². The number of benzene rings is 1. The van der Waals surface area contributed by atoms with Gasteiger partial charge in [0.25, 0.3) is 0 Å². The predicted octanol–water partition coefficient (Wildman–Crippen LogP) is 3.20. The number of hydrogen-bond acceptors (Lipinski definition) is 2. The fourth-order valence-corrected chi connectivity index (χ4v) is 3.10. The molecule has 108 valence electrons. The molecule has 0 saturated carbocycles. The van der Waals surface area contributed by atoms with Gasteiger partial charge in [-0.15, -0.1) is 0 Å². The van der Waals surface area contributed by atoms with Crippen molar-refractivity contribution in [2.75, 3.05) is 11.9 Å². The second kappa shape index (κ2) is 7.91. The third-order valence-electron chi connectivity index (χ3n) is 2.54. The van der Waals surface area contributed by atoms with Crippen molar-refractivity contribution in [3.8, 4) is 0 Å². The molecule has 19 heavy (non-hydrogen) atoms. The maximum atomic E-state index is 13.3. The van der Waals surface area contributed by atoms with E-state index in [-0.39, 0.29) is 6.54 Å². The highest BCUT2D eigenvalue weighted by Gasteiger charge is 2.19. The van der Waals surface area contributed by atoms with Crippen molar-refractivity contribution in [2.45, 2.75) is 30.6 Å². The highest BCUT2D eigenvalue weighted by atomic mass is 79.9. The van der Waals surface area contributed by atoms with Crippen molar-refractivity contribution in [1.29, 1.82) is 0 Å². The van der Waals surface area contributed by atoms with Crippen LogP contribution < -0.4 is 4.72 Å². The summed E-state index contributed by atoms with van der Waals surface area (Å²) in [5.74, 6) is -1.73. The molecule has 1 aromatic rings. The van der Waals surface area contributed by atoms with Crippen molar-refractivity contribution in [1.82, 2.24) is 4.72 Å². The number of nitrogens with one attached hydrogen (secondary N) is 1. The van der Waals surface area contributed by atoms with Gasteiger partial charge in [-0.25, -0.2) is 21.9 Å². The summed E-state index contributed by atoms with van der Waals surface area (Å²) in [4.78, 5) is -0.645. The maximum Gasteiger partial charge on any atom is 0.243 e. The molecule has 0 bridgehead atoms. The van der Waals surface area contributed by atoms with Crippen LogP contribution in [0.3, 0.4) is 0 Å². The molecule has 0 aliphatic heterocycles. The van der Waals surface area contributed by atoms with Crippen LogP contribution in [0.25, 0.3) is 0 Å². The van der Waals surface area contributed by atoms with Gasteiger partial charge in [0.2, 0.25) is 10.0 Å². The first-order chi connectivity index (χ1) is 8.97. The van der Waals surface area contributed by atoms with Crippen LogP contribution in [0.2, 0.25) is 0 Å². The minimum atomic E-state index is -3.98. The Morgan fingerprint density at radius 1 is 1.11 bits per heavy atom. The number of alkyl halides is 1. The zero-order chi connectivity index (χ0) is 14.3. The molecule has 0 atom stereocenters. The molecule has 0 aliphatic rings. The van der Waals surface area contributed by atoms with Gasteiger partial charge in [-0.2, -0.15) is 0 Å². The highest BCUT2D eigenvalue weighted by Crippen LogP contribution is 2.15. The van der Waals surface area contributed by atoms with Crippen molar-refractivity contribution in [3.05, 3.63) is 29.8 Å². The summed E-state index contributed by atoms with van der Waals surface area (Å²) in [5.41, 5.74) is 0. The first-order valence-electron chi connectivity index (χ1n) is 5.98. The summed E-state index contributed by atoms with van der Waals surface area (Å²) in [5, 5.41) is 0.924. The average Bonchev–Trinajstić information content (AvgIpc) is 2.36. The summed E-state index contributed by atoms with van der Waals surface area (Å²) in [6.07, 6.45) is 3.59. The van der Waals surface area contributed by atoms with Gasteiger partial charge in [0, 0.05) is 11.9 Å². The molecular weight excluding hydrogens is 340 g/mol. The summed E-state index contributed by atoms with van der Waals surface area (Å²) < 4.78 is 52.1. The van der Waals surface area contributed by atoms with Crippen LogP contribution in [0.1, 0.15) is 25.7 Å². The first-order valence-corrected chi connectivity index (χ1v) is 8.58. The summed E-state index contributed by atoms with van der Waals surface area (Å²) >= 11 is 3.31. The zero-order valence-electron chi connectivity index (χ0n) is 10.3. The lowest BCUT2D eigenvalue weighted by atomic mass is 10.2. The van der Waals surface area contributed by atoms with Gasteiger partial charge < -0.3 is 0 Å². The smallest absolute Gasteiger partial charge is 0.211 e. The second-order valence-electron chi connectivity index (χ2n) is 4.08. The minimum Gasteiger partial charge on any atom is -0.211 e. The van der Waals surface area contributed by atoms with Crippen LogP contribution >= 0.6 is 15.9 Å². The molecule has 0 spiro atoms. The summed E-state index contributed by atoms with van der Waals surface area (Å²) in [6.45, 7) is 0.223. The Labute approximate surface area is 120 Å². The average molecular weight is 356 g/mol. The fourth-order valence-electron chi connectivity index (χ4n) is 1.54. The second-order valence-corrected chi connectivity index (χ2v) is 6.60. The Morgan fingerprint density at radius 3 is 2.47 bits per heavy atom. The van der Waals surface area contributed by atoms with E-state index in [0.717, 1.165) is 36.7 Å². The van der Waals surface area contributed by atoms with Crippen LogP contribution in [0.5, 0.6) is 0 Å². The maximum absolute atomic E-state index is 13.3. The van der Waals surface area contributed by atoms with Gasteiger partial charge in [-0.05, 0) is 31.0 Å². The molecule has 1 aromatic carbocycles. The Morgan fingerprint density at radius 2 is 1.79 bits per heavy atom. The molecule has 1 rings (SSSR count). The lowest BCUT2D eigenvalue weighted by Gasteiger charge is -2.07. The third kappa shape index (κ3) is 5.54. The minimum absolute atomic E-state index is 0.223. The SMILES string of the molecule is O=S(=O)(NCCCCCCBr)c1cc(F)ccc1F. The molecular formula is C12H16BrF2NO2S. The van der Waals surface area contributed by atoms with E-state index >= 15 is 0 Å². The highest BCUT2D eigenvalue weighted by molar-refractivity contribution is 9.09. The molecule has 1 N–H and O–H groups in total. The lowest BCUT2D eigenvalue weighted by molar-refractivity contribution is 0.543. The Hall–Kier alpha value is -0.530. The first kappa shape index (κ1) is 16.5. The molecule has 0 heterocycles. The van der Waals surface area contributed by atoms with E-state index in [4.69, 9.17) is 0 Å². The quantitative estimate of drug-likeness (QED) is 0.574. The van der Waals surface area contributed by atoms with E-state index in [2.05, 4.69) is 20.7 Å². The van der Waals surface area contributed by atoms with Crippen LogP contribution in [-0.2, 0) is 10.0 Å². The molecule has 0 unspecified atom stereocenters. The zero-order valence-corrected chi connectivity index (χ0v) is 12.7. The van der Waals surface area contributed by atoms with E-state index in [1.165, 1.54) is 0 Å². The number of unbranched alkanes of at least 4 members (excludes halogenated alkanes) is 3. The molecule has 0 aliphatic carbocycles. The van der Waals surface area contributed by atoms with Gasteiger partial charge in [0.05, 0.1) is 0 Å². The molecule has 0 aromatic heterocycles. The van der Waals surface area contributed by atoms with E-state index in [9.17, 15) is 17.2 Å². The lowest BCUT2D eigenvalue weighted by Crippen LogP contribution is -2.25. The van der Waals surface area contributed by atoms with Gasteiger partial charge >= 0.3 is 0 Å². The monoisotopic (exact) mass is 355 g/mol. The van der Waals surface area contributed by atoms with Crippen molar-refractivity contribution in [3.63, 3.8) is 0 Å². The van der Waals surface area contributed by atoms with Gasteiger partial charge in [-0.1, -0.05) is 28.8 Å². The predicted molar refractivity (Wildman–Crippen MR) is 73.8 cm³/mol. The van der Waals surface area contributed by atoms with Crippen molar-refractivity contribution < 1.29 is 17.2 Å². The van der Waals surface area contributed by atoms with Crippen molar-refractivity contribution >= 4 is 26.0 Å². The Balaban J connectivity index is 2.54. The molecule has 0 fully saturated rings. The van der Waals surface area contributed by atoms with E-state index in [0.29, 0.717) is 12.5 Å². The number of sulfonamides is 1. The van der Waals surface area contributed by atoms with Crippen LogP contribution in [-0.4, -0.2) is 20.3 Å². The Kier molecular flexibility index (Phi) is 6.88. The fraction of sp³-hybridized carbons (Fsp3) is 0.500. The molecule has 0 radical (unpaired) electrons. The summed E-state index contributed by atoms with van der Waals surface area (Å²) in [6, 6.07) is 2.37. The molecule has 0 amide bonds. The van der Waals surface area contributed by atoms with E-state index in [1.807, 2.05) is 0 Å². The molecule has 7 heteroatoms. The Bertz CT molecular complexity index is 508. The number of rotatable bonds is 8. The number of halogens is 3. The standard InChI is InChI=1S/C12H16BrF2NO2S/c13-7-3-1-2-4-8-16-19(17,18)12-9-10(14)5-6-11(12)15/h5-6,9,16H,1-4,7-8H2. The largest absolute Gasteiger partial charge is 0.243 e. The van der Waals surface area contributed by atoms with Crippen molar-refractivity contribution in [2.24, 2.45) is 0 Å². The topological polar surface area (TPSA) is 46.2 Å². The molecule has 3 nitrogen and oxygen atoms in total. The van der Waals surface area contributed by atoms with Gasteiger partial charge in [0.1, 0.15) is 16.5 Å². The molecule has 0 saturated heterocycles.